The Kier molecular flexibility index (Phi) is 9.50. The number of hydrogen-bond acceptors (Lipinski definition) is 13. The Morgan fingerprint density at radius 3 is 2.70 bits per heavy atom. The first-order valence-electron chi connectivity index (χ1n) is 11.3. The molecule has 0 radical (unpaired) electrons. The van der Waals surface area contributed by atoms with E-state index in [1.165, 1.54) is 18.0 Å². The largest absolute Gasteiger partial charge is 0.468 e. The molecule has 0 saturated carbocycles. The summed E-state index contributed by atoms with van der Waals surface area (Å²) in [5.74, 6) is -1.69. The summed E-state index contributed by atoms with van der Waals surface area (Å²) in [6.45, 7) is 2.60. The van der Waals surface area contributed by atoms with Gasteiger partial charge in [-0.25, -0.2) is 19.4 Å². The van der Waals surface area contributed by atoms with Crippen molar-refractivity contribution in [2.75, 3.05) is 33.2 Å². The highest BCUT2D eigenvalue weighted by molar-refractivity contribution is 7.51. The number of nitrogen functional groups attached to an aromatic ring is 1. The first-order chi connectivity index (χ1) is 17.5. The quantitative estimate of drug-likeness (QED) is 0.190. The second-order valence-corrected chi connectivity index (χ2v) is 10.4. The van der Waals surface area contributed by atoms with E-state index in [1.54, 1.807) is 0 Å². The normalized spacial score (nSPS) is 22.2. The number of nitrogens with two attached hydrogens (primary N) is 1. The van der Waals surface area contributed by atoms with Gasteiger partial charge in [0.2, 0.25) is 0 Å². The minimum Gasteiger partial charge on any atom is -0.468 e. The summed E-state index contributed by atoms with van der Waals surface area (Å²) in [6, 6.07) is -1.06. The van der Waals surface area contributed by atoms with E-state index in [0.29, 0.717) is 0 Å². The van der Waals surface area contributed by atoms with Crippen LogP contribution in [0.1, 0.15) is 32.9 Å². The predicted octanol–water partition coefficient (Wildman–Crippen LogP) is 0.688. The lowest BCUT2D eigenvalue weighted by atomic mass is 10.1. The number of carbonyl (C=O) groups is 2. The minimum atomic E-state index is -4.29. The molecule has 2 aromatic rings. The fourth-order valence-electron chi connectivity index (χ4n) is 3.68. The van der Waals surface area contributed by atoms with Gasteiger partial charge in [0.15, 0.2) is 29.8 Å². The molecule has 0 amide bonds. The SMILES string of the molecule is COC(=O)COP(=O)(NC(CC(C)C)C(=O)OC)OCC1CC(O)C(n2cnc3c(N)nc(F)nc32)O1. The van der Waals surface area contributed by atoms with Crippen molar-refractivity contribution >= 4 is 36.7 Å². The van der Waals surface area contributed by atoms with E-state index in [2.05, 4.69) is 24.8 Å². The van der Waals surface area contributed by atoms with Gasteiger partial charge in [0.1, 0.15) is 12.1 Å². The molecule has 37 heavy (non-hydrogen) atoms. The van der Waals surface area contributed by atoms with E-state index in [4.69, 9.17) is 24.3 Å². The van der Waals surface area contributed by atoms with Crippen LogP contribution in [0.3, 0.4) is 0 Å². The van der Waals surface area contributed by atoms with Gasteiger partial charge < -0.3 is 25.1 Å². The van der Waals surface area contributed by atoms with Crippen LogP contribution in [-0.4, -0.2) is 82.2 Å². The summed E-state index contributed by atoms with van der Waals surface area (Å²) in [5.41, 5.74) is 5.82. The molecule has 17 heteroatoms. The van der Waals surface area contributed by atoms with Crippen LogP contribution < -0.4 is 10.8 Å². The molecule has 1 saturated heterocycles. The average molecular weight is 548 g/mol. The maximum Gasteiger partial charge on any atom is 0.406 e. The molecule has 1 fully saturated rings. The van der Waals surface area contributed by atoms with Crippen LogP contribution in [0.2, 0.25) is 0 Å². The van der Waals surface area contributed by atoms with Crippen LogP contribution in [0.15, 0.2) is 6.33 Å². The van der Waals surface area contributed by atoms with Gasteiger partial charge in [-0.05, 0) is 12.3 Å². The molecule has 0 bridgehead atoms. The Morgan fingerprint density at radius 1 is 1.32 bits per heavy atom. The number of esters is 2. The van der Waals surface area contributed by atoms with Gasteiger partial charge in [-0.3, -0.25) is 18.4 Å². The van der Waals surface area contributed by atoms with E-state index in [-0.39, 0.29) is 42.3 Å². The number of imidazole rings is 1. The number of aromatic nitrogens is 4. The van der Waals surface area contributed by atoms with Crippen molar-refractivity contribution in [2.24, 2.45) is 5.92 Å². The molecule has 1 aliphatic heterocycles. The van der Waals surface area contributed by atoms with Crippen LogP contribution >= 0.6 is 7.75 Å². The topological polar surface area (TPSA) is 199 Å². The summed E-state index contributed by atoms with van der Waals surface area (Å²) in [4.78, 5) is 34.9. The molecule has 2 aromatic heterocycles. The highest BCUT2D eigenvalue weighted by Crippen LogP contribution is 2.46. The predicted molar refractivity (Wildman–Crippen MR) is 124 cm³/mol. The summed E-state index contributed by atoms with van der Waals surface area (Å²) in [6.07, 6.45) is -2.51. The van der Waals surface area contributed by atoms with Crippen molar-refractivity contribution in [1.82, 2.24) is 24.6 Å². The standard InChI is InChI=1S/C20H30FN6O9P/c1-10(2)5-12(19(30)33-4)26-37(31,35-8-14(29)32-3)34-7-11-6-13(28)18(36-11)27-9-23-15-16(22)24-20(21)25-17(15)27/h9-13,18,28H,5-8H2,1-4H3,(H,26,31)(H2,22,24,25). The van der Waals surface area contributed by atoms with Gasteiger partial charge in [0, 0.05) is 6.42 Å². The molecule has 0 spiro atoms. The lowest BCUT2D eigenvalue weighted by Crippen LogP contribution is -2.38. The van der Waals surface area contributed by atoms with Gasteiger partial charge in [-0.1, -0.05) is 13.8 Å². The third kappa shape index (κ3) is 7.18. The van der Waals surface area contributed by atoms with Crippen LogP contribution in [0.5, 0.6) is 0 Å². The van der Waals surface area contributed by atoms with E-state index >= 15 is 0 Å². The fraction of sp³-hybridized carbons (Fsp3) is 0.650. The summed E-state index contributed by atoms with van der Waals surface area (Å²) < 4.78 is 54.3. The number of hydrogen-bond donors (Lipinski definition) is 3. The molecular weight excluding hydrogens is 518 g/mol. The Hall–Kier alpha value is -2.75. The summed E-state index contributed by atoms with van der Waals surface area (Å²) in [5, 5.41) is 13.1. The van der Waals surface area contributed by atoms with E-state index in [9.17, 15) is 23.7 Å². The van der Waals surface area contributed by atoms with Crippen molar-refractivity contribution in [1.29, 1.82) is 0 Å². The lowest BCUT2D eigenvalue weighted by molar-refractivity contribution is -0.143. The number of fused-ring (bicyclic) bond motifs is 1. The van der Waals surface area contributed by atoms with Gasteiger partial charge in [0.25, 0.3) is 0 Å². The summed E-state index contributed by atoms with van der Waals surface area (Å²) in [7, 11) is -1.99. The molecule has 1 aliphatic rings. The van der Waals surface area contributed by atoms with E-state index in [1.807, 2.05) is 13.8 Å². The number of carbonyl (C=O) groups excluding carboxylic acids is 2. The average Bonchev–Trinajstić information content (AvgIpc) is 3.43. The van der Waals surface area contributed by atoms with E-state index in [0.717, 1.165) is 7.11 Å². The molecule has 0 aromatic carbocycles. The molecule has 4 N–H and O–H groups in total. The number of aliphatic hydroxyl groups is 1. The summed E-state index contributed by atoms with van der Waals surface area (Å²) >= 11 is 0. The zero-order valence-electron chi connectivity index (χ0n) is 20.7. The van der Waals surface area contributed by atoms with Gasteiger partial charge in [-0.2, -0.15) is 14.4 Å². The highest BCUT2D eigenvalue weighted by Gasteiger charge is 2.40. The van der Waals surface area contributed by atoms with E-state index < -0.39 is 56.8 Å². The van der Waals surface area contributed by atoms with Crippen molar-refractivity contribution in [3.63, 3.8) is 0 Å². The Morgan fingerprint density at radius 2 is 2.05 bits per heavy atom. The van der Waals surface area contributed by atoms with Crippen LogP contribution in [0, 0.1) is 12.0 Å². The number of halogens is 1. The molecule has 15 nitrogen and oxygen atoms in total. The van der Waals surface area contributed by atoms with Crippen molar-refractivity contribution in [3.05, 3.63) is 12.4 Å². The zero-order chi connectivity index (χ0) is 27.3. The van der Waals surface area contributed by atoms with Crippen molar-refractivity contribution < 1.29 is 46.9 Å². The second kappa shape index (κ2) is 12.2. The number of ether oxygens (including phenoxy) is 3. The first kappa shape index (κ1) is 28.8. The highest BCUT2D eigenvalue weighted by atomic mass is 31.2. The second-order valence-electron chi connectivity index (χ2n) is 8.63. The van der Waals surface area contributed by atoms with Gasteiger partial charge in [-0.15, -0.1) is 0 Å². The van der Waals surface area contributed by atoms with Crippen molar-refractivity contribution in [3.8, 4) is 0 Å². The molecule has 3 rings (SSSR count). The zero-order valence-corrected chi connectivity index (χ0v) is 21.6. The number of rotatable bonds is 12. The molecule has 3 heterocycles. The molecule has 0 aliphatic carbocycles. The lowest BCUT2D eigenvalue weighted by Gasteiger charge is -2.25. The maximum absolute atomic E-state index is 13.7. The molecule has 206 valence electrons. The molecule has 5 unspecified atom stereocenters. The molecular formula is C20H30FN6O9P. The molecule has 5 atom stereocenters. The smallest absolute Gasteiger partial charge is 0.406 e. The fourth-order valence-corrected chi connectivity index (χ4v) is 5.13. The van der Waals surface area contributed by atoms with Gasteiger partial charge >= 0.3 is 25.8 Å². The van der Waals surface area contributed by atoms with Crippen molar-refractivity contribution in [2.45, 2.75) is 51.2 Å². The maximum atomic E-state index is 13.7. The number of methoxy groups -OCH3 is 2. The van der Waals surface area contributed by atoms with Gasteiger partial charge in [0.05, 0.1) is 33.3 Å². The Bertz CT molecular complexity index is 1160. The number of nitrogens with one attached hydrogen (secondary N) is 1. The number of anilines is 1. The third-order valence-corrected chi connectivity index (χ3v) is 6.96. The third-order valence-electron chi connectivity index (χ3n) is 5.38. The first-order valence-corrected chi connectivity index (χ1v) is 12.8. The van der Waals surface area contributed by atoms with Crippen LogP contribution in [-0.2, 0) is 37.4 Å². The number of aliphatic hydroxyl groups excluding tert-OH is 1. The number of nitrogens with zero attached hydrogens (tertiary/aromatic N) is 4. The minimum absolute atomic E-state index is 0.00686. The van der Waals surface area contributed by atoms with Crippen LogP contribution in [0.4, 0.5) is 10.2 Å². The Balaban J connectivity index is 1.74. The van der Waals surface area contributed by atoms with Crippen LogP contribution in [0.25, 0.3) is 11.2 Å². The Labute approximate surface area is 211 Å². The monoisotopic (exact) mass is 548 g/mol.